The van der Waals surface area contributed by atoms with Gasteiger partial charge in [0.25, 0.3) is 0 Å². The van der Waals surface area contributed by atoms with E-state index in [9.17, 15) is 4.79 Å². The van der Waals surface area contributed by atoms with Crippen LogP contribution in [0.2, 0.25) is 0 Å². The van der Waals surface area contributed by atoms with E-state index in [1.54, 1.807) is 6.20 Å². The summed E-state index contributed by atoms with van der Waals surface area (Å²) in [5.74, 6) is 1.12. The van der Waals surface area contributed by atoms with Crippen LogP contribution in [0.5, 0.6) is 0 Å². The van der Waals surface area contributed by atoms with Gasteiger partial charge in [0.1, 0.15) is 0 Å². The van der Waals surface area contributed by atoms with E-state index in [-0.39, 0.29) is 11.8 Å². The van der Waals surface area contributed by atoms with E-state index in [0.717, 1.165) is 24.5 Å². The number of rotatable bonds is 6. The Morgan fingerprint density at radius 2 is 2.08 bits per heavy atom. The van der Waals surface area contributed by atoms with Gasteiger partial charge in [0.05, 0.1) is 31.1 Å². The first-order valence-electron chi connectivity index (χ1n) is 9.04. The Hall–Kier alpha value is -2.21. The number of nitrogens with zero attached hydrogens (tertiary/aromatic N) is 4. The molecule has 0 bridgehead atoms. The molecule has 0 radical (unpaired) electrons. The number of fused-ring (bicyclic) bond motifs is 1. The van der Waals surface area contributed by atoms with Crippen molar-refractivity contribution >= 4 is 5.91 Å². The van der Waals surface area contributed by atoms with Crippen molar-refractivity contribution in [3.8, 4) is 0 Å². The van der Waals surface area contributed by atoms with Crippen molar-refractivity contribution in [2.24, 2.45) is 11.8 Å². The molecule has 0 aromatic carbocycles. The Bertz CT molecular complexity index is 711. The monoisotopic (exact) mass is 340 g/mol. The number of carbonyl (C=O) groups is 1. The van der Waals surface area contributed by atoms with Crippen LogP contribution in [0.15, 0.2) is 36.7 Å². The zero-order valence-electron chi connectivity index (χ0n) is 14.4. The van der Waals surface area contributed by atoms with Crippen LogP contribution < -0.4 is 0 Å². The first-order chi connectivity index (χ1) is 12.3. The Balaban J connectivity index is 1.38. The van der Waals surface area contributed by atoms with Crippen LogP contribution in [0.3, 0.4) is 0 Å². The van der Waals surface area contributed by atoms with E-state index >= 15 is 0 Å². The third-order valence-electron chi connectivity index (χ3n) is 4.91. The second kappa shape index (κ2) is 7.35. The molecule has 1 atom stereocenters. The van der Waals surface area contributed by atoms with E-state index < -0.39 is 0 Å². The number of aromatic nitrogens is 3. The molecule has 0 spiro atoms. The molecule has 2 aliphatic rings. The highest BCUT2D eigenvalue weighted by molar-refractivity contribution is 5.76. The second-order valence-electron chi connectivity index (χ2n) is 7.13. The van der Waals surface area contributed by atoms with Crippen LogP contribution in [0, 0.1) is 11.8 Å². The van der Waals surface area contributed by atoms with Crippen molar-refractivity contribution in [1.82, 2.24) is 19.7 Å². The molecule has 2 aromatic heterocycles. The second-order valence-corrected chi connectivity index (χ2v) is 7.13. The number of amides is 1. The van der Waals surface area contributed by atoms with E-state index in [0.29, 0.717) is 32.1 Å². The van der Waals surface area contributed by atoms with E-state index in [4.69, 9.17) is 4.74 Å². The van der Waals surface area contributed by atoms with Gasteiger partial charge in [0, 0.05) is 37.8 Å². The van der Waals surface area contributed by atoms with Crippen molar-refractivity contribution in [3.63, 3.8) is 0 Å². The Morgan fingerprint density at radius 1 is 1.16 bits per heavy atom. The number of pyridine rings is 1. The highest BCUT2D eigenvalue weighted by atomic mass is 16.5. The van der Waals surface area contributed by atoms with Crippen LogP contribution in [0.1, 0.15) is 30.7 Å². The van der Waals surface area contributed by atoms with E-state index in [2.05, 4.69) is 10.1 Å². The third kappa shape index (κ3) is 4.25. The summed E-state index contributed by atoms with van der Waals surface area (Å²) in [7, 11) is 0. The first-order valence-corrected chi connectivity index (χ1v) is 9.04. The van der Waals surface area contributed by atoms with Crippen LogP contribution >= 0.6 is 0 Å². The fraction of sp³-hybridized carbons (Fsp3) is 0.526. The molecule has 1 saturated carbocycles. The van der Waals surface area contributed by atoms with Gasteiger partial charge in [0.2, 0.25) is 5.91 Å². The quantitative estimate of drug-likeness (QED) is 0.809. The smallest absolute Gasteiger partial charge is 0.223 e. The van der Waals surface area contributed by atoms with Gasteiger partial charge in [-0.25, -0.2) is 0 Å². The van der Waals surface area contributed by atoms with Crippen LogP contribution in [-0.4, -0.2) is 38.7 Å². The molecular formula is C19H24N4O2. The minimum absolute atomic E-state index is 0.244. The van der Waals surface area contributed by atoms with Crippen molar-refractivity contribution in [2.45, 2.75) is 39.0 Å². The molecule has 1 aliphatic carbocycles. The highest BCUT2D eigenvalue weighted by Crippen LogP contribution is 2.33. The molecule has 4 rings (SSSR count). The van der Waals surface area contributed by atoms with Crippen molar-refractivity contribution in [1.29, 1.82) is 0 Å². The maximum Gasteiger partial charge on any atom is 0.223 e. The van der Waals surface area contributed by atoms with Crippen LogP contribution in [0.4, 0.5) is 0 Å². The van der Waals surface area contributed by atoms with Gasteiger partial charge in [-0.15, -0.1) is 0 Å². The molecule has 0 saturated heterocycles. The summed E-state index contributed by atoms with van der Waals surface area (Å²) in [6.45, 7) is 3.28. The van der Waals surface area contributed by atoms with Gasteiger partial charge in [-0.1, -0.05) is 6.07 Å². The van der Waals surface area contributed by atoms with Crippen molar-refractivity contribution in [2.75, 3.05) is 13.2 Å². The summed E-state index contributed by atoms with van der Waals surface area (Å²) in [4.78, 5) is 18.9. The molecule has 6 heteroatoms. The van der Waals surface area contributed by atoms with Gasteiger partial charge >= 0.3 is 0 Å². The summed E-state index contributed by atoms with van der Waals surface area (Å²) < 4.78 is 7.90. The summed E-state index contributed by atoms with van der Waals surface area (Å²) in [5, 5.41) is 4.41. The average molecular weight is 340 g/mol. The fourth-order valence-electron chi connectivity index (χ4n) is 3.34. The van der Waals surface area contributed by atoms with Crippen molar-refractivity contribution in [3.05, 3.63) is 48.0 Å². The zero-order valence-corrected chi connectivity index (χ0v) is 14.4. The molecule has 0 N–H and O–H groups in total. The lowest BCUT2D eigenvalue weighted by Gasteiger charge is -2.24. The molecule has 1 aliphatic heterocycles. The maximum atomic E-state index is 12.6. The average Bonchev–Trinajstić information content (AvgIpc) is 3.37. The molecule has 132 valence electrons. The Morgan fingerprint density at radius 3 is 2.88 bits per heavy atom. The van der Waals surface area contributed by atoms with Gasteiger partial charge in [-0.2, -0.15) is 5.10 Å². The third-order valence-corrected chi connectivity index (χ3v) is 4.91. The largest absolute Gasteiger partial charge is 0.375 e. The SMILES string of the molecule is O=C(CC1CC1)N1Cc2ccnn2CC(COCc2ccccn2)C1. The topological polar surface area (TPSA) is 60.2 Å². The molecule has 25 heavy (non-hydrogen) atoms. The standard InChI is InChI=1S/C19H24N4O2/c24-19(9-15-4-5-15)22-10-16(11-23-18(12-22)6-8-21-23)13-25-14-17-3-1-2-7-20-17/h1-3,6-8,15-16H,4-5,9-14H2. The molecular weight excluding hydrogens is 316 g/mol. The first kappa shape index (κ1) is 16.3. The number of ether oxygens (including phenoxy) is 1. The van der Waals surface area contributed by atoms with Gasteiger partial charge in [0.15, 0.2) is 0 Å². The summed E-state index contributed by atoms with van der Waals surface area (Å²) in [6.07, 6.45) is 6.69. The van der Waals surface area contributed by atoms with Crippen LogP contribution in [-0.2, 0) is 29.2 Å². The number of hydrogen-bond donors (Lipinski definition) is 0. The van der Waals surface area contributed by atoms with Gasteiger partial charge in [-0.05, 0) is 37.0 Å². The lowest BCUT2D eigenvalue weighted by Crippen LogP contribution is -2.35. The summed E-state index contributed by atoms with van der Waals surface area (Å²) in [6, 6.07) is 7.84. The Kier molecular flexibility index (Phi) is 4.78. The zero-order chi connectivity index (χ0) is 17.1. The molecule has 3 heterocycles. The maximum absolute atomic E-state index is 12.6. The predicted molar refractivity (Wildman–Crippen MR) is 92.4 cm³/mol. The lowest BCUT2D eigenvalue weighted by molar-refractivity contribution is -0.133. The fourth-order valence-corrected chi connectivity index (χ4v) is 3.34. The Labute approximate surface area is 147 Å². The minimum Gasteiger partial charge on any atom is -0.375 e. The molecule has 1 amide bonds. The highest BCUT2D eigenvalue weighted by Gasteiger charge is 2.30. The molecule has 1 unspecified atom stereocenters. The normalized spacial score (nSPS) is 20.2. The summed E-state index contributed by atoms with van der Waals surface area (Å²) in [5.41, 5.74) is 2.04. The van der Waals surface area contributed by atoms with Gasteiger partial charge < -0.3 is 9.64 Å². The predicted octanol–water partition coefficient (Wildman–Crippen LogP) is 2.25. The minimum atomic E-state index is 0.244. The number of carbonyl (C=O) groups excluding carboxylic acids is 1. The number of hydrogen-bond acceptors (Lipinski definition) is 4. The van der Waals surface area contributed by atoms with Crippen molar-refractivity contribution < 1.29 is 9.53 Å². The van der Waals surface area contributed by atoms with E-state index in [1.165, 1.54) is 12.8 Å². The van der Waals surface area contributed by atoms with E-state index in [1.807, 2.05) is 40.0 Å². The molecule has 6 nitrogen and oxygen atoms in total. The van der Waals surface area contributed by atoms with Crippen LogP contribution in [0.25, 0.3) is 0 Å². The summed E-state index contributed by atoms with van der Waals surface area (Å²) >= 11 is 0. The van der Waals surface area contributed by atoms with Gasteiger partial charge in [-0.3, -0.25) is 14.5 Å². The molecule has 2 aromatic rings. The molecule has 1 fully saturated rings. The lowest BCUT2D eigenvalue weighted by atomic mass is 10.1.